The largest absolute Gasteiger partial charge is 0.458 e. The molecule has 0 amide bonds. The van der Waals surface area contributed by atoms with Crippen molar-refractivity contribution in [2.24, 2.45) is 5.92 Å². The molecule has 6 atom stereocenters. The quantitative estimate of drug-likeness (QED) is 0.147. The molecule has 4 rings (SSSR count). The van der Waals surface area contributed by atoms with E-state index in [0.29, 0.717) is 0 Å². The number of hydrogen-bond donors (Lipinski definition) is 1. The van der Waals surface area contributed by atoms with Crippen LogP contribution >= 0.6 is 11.8 Å². The van der Waals surface area contributed by atoms with E-state index in [4.69, 9.17) is 13.5 Å². The first-order valence-corrected chi connectivity index (χ1v) is 12.3. The number of benzene rings is 1. The summed E-state index contributed by atoms with van der Waals surface area (Å²) in [6.45, 7) is 1.01. The number of rotatable bonds is 4. The van der Waals surface area contributed by atoms with E-state index in [-0.39, 0.29) is 0 Å². The lowest BCUT2D eigenvalue weighted by Gasteiger charge is -2.28. The van der Waals surface area contributed by atoms with E-state index in [2.05, 4.69) is 4.74 Å². The zero-order chi connectivity index (χ0) is 23.9. The topological polar surface area (TPSA) is 150 Å². The minimum Gasteiger partial charge on any atom is -0.458 e. The van der Waals surface area contributed by atoms with Gasteiger partial charge in [-0.3, -0.25) is 18.3 Å². The van der Waals surface area contributed by atoms with Gasteiger partial charge in [-0.1, -0.05) is 0 Å². The molecule has 3 aliphatic heterocycles. The van der Waals surface area contributed by atoms with Gasteiger partial charge >= 0.3 is 22.1 Å². The van der Waals surface area contributed by atoms with Gasteiger partial charge in [0, 0.05) is 6.92 Å². The fourth-order valence-electron chi connectivity index (χ4n) is 4.00. The number of thioether (sulfide) groups is 1. The Labute approximate surface area is 181 Å². The van der Waals surface area contributed by atoms with Gasteiger partial charge in [0.25, 0.3) is 10.1 Å². The average Bonchev–Trinajstić information content (AvgIpc) is 3.24. The van der Waals surface area contributed by atoms with Gasteiger partial charge in [0.15, 0.2) is 16.5 Å². The maximum absolute atomic E-state index is 14.2. The van der Waals surface area contributed by atoms with E-state index >= 15 is 0 Å². The molecule has 0 saturated carbocycles. The minimum atomic E-state index is -5.74. The Morgan fingerprint density at radius 1 is 1.06 bits per heavy atom. The Hall–Kier alpha value is -1.95. The fourth-order valence-corrected chi connectivity index (χ4v) is 9.06. The molecule has 6 unspecified atom stereocenters. The highest BCUT2D eigenvalue weighted by Crippen LogP contribution is 2.59. The van der Waals surface area contributed by atoms with E-state index in [1.165, 1.54) is 0 Å². The summed E-state index contributed by atoms with van der Waals surface area (Å²) in [6, 6.07) is 0. The molecule has 1 aromatic rings. The number of carbonyl (C=O) groups excluding carboxylic acids is 2. The van der Waals surface area contributed by atoms with Crippen LogP contribution in [0.3, 0.4) is 0 Å². The van der Waals surface area contributed by atoms with Crippen LogP contribution in [0, 0.1) is 29.2 Å². The van der Waals surface area contributed by atoms with Crippen molar-refractivity contribution in [2.75, 3.05) is 0 Å². The summed E-state index contributed by atoms with van der Waals surface area (Å²) >= 11 is 0.900. The van der Waals surface area contributed by atoms with Gasteiger partial charge in [-0.05, 0) is 0 Å². The van der Waals surface area contributed by atoms with E-state index in [1.54, 1.807) is 0 Å². The molecule has 0 spiro atoms. The zero-order valence-electron chi connectivity index (χ0n) is 15.3. The van der Waals surface area contributed by atoms with Gasteiger partial charge in [0.1, 0.15) is 17.5 Å². The van der Waals surface area contributed by atoms with Crippen molar-refractivity contribution in [3.05, 3.63) is 23.3 Å². The summed E-state index contributed by atoms with van der Waals surface area (Å²) in [5.41, 5.74) is 0. The molecule has 32 heavy (non-hydrogen) atoms. The summed E-state index contributed by atoms with van der Waals surface area (Å²) in [5.74, 6) is -16.2. The van der Waals surface area contributed by atoms with E-state index in [9.17, 15) is 44.0 Å². The van der Waals surface area contributed by atoms with Crippen LogP contribution < -0.4 is 4.74 Å². The van der Waals surface area contributed by atoms with Gasteiger partial charge in [0.05, 0.1) is 16.4 Å². The molecule has 3 saturated heterocycles. The van der Waals surface area contributed by atoms with Crippen LogP contribution in [0.15, 0.2) is 4.90 Å². The van der Waals surface area contributed by atoms with Crippen LogP contribution in [0.5, 0.6) is 5.75 Å². The molecule has 0 aliphatic carbocycles. The number of ether oxygens (including phenoxy) is 2. The molecule has 3 fully saturated rings. The Bertz CT molecular complexity index is 1240. The molecule has 3 aliphatic rings. The first-order valence-electron chi connectivity index (χ1n) is 8.46. The highest BCUT2D eigenvalue weighted by molar-refractivity contribution is 8.03. The predicted molar refractivity (Wildman–Crippen MR) is 93.5 cm³/mol. The maximum Gasteiger partial charge on any atom is 0.317 e. The Morgan fingerprint density at radius 3 is 2.12 bits per heavy atom. The highest BCUT2D eigenvalue weighted by Gasteiger charge is 2.73. The minimum absolute atomic E-state index is 0.832. The predicted octanol–water partition coefficient (Wildman–Crippen LogP) is 0.538. The van der Waals surface area contributed by atoms with Crippen molar-refractivity contribution in [2.45, 2.75) is 39.8 Å². The summed E-state index contributed by atoms with van der Waals surface area (Å²) < 4.78 is 126. The molecule has 0 aromatic heterocycles. The van der Waals surface area contributed by atoms with Crippen LogP contribution in [0.2, 0.25) is 0 Å². The lowest BCUT2D eigenvalue weighted by molar-refractivity contribution is -0.154. The molecule has 2 bridgehead atoms. The van der Waals surface area contributed by atoms with Crippen LogP contribution in [-0.2, 0) is 38.7 Å². The molecular weight excluding hydrogens is 512 g/mol. The highest BCUT2D eigenvalue weighted by atomic mass is 32.2. The maximum atomic E-state index is 14.2. The molecule has 3 heterocycles. The van der Waals surface area contributed by atoms with E-state index in [1.807, 2.05) is 0 Å². The smallest absolute Gasteiger partial charge is 0.317 e. The second-order valence-corrected chi connectivity index (χ2v) is 11.4. The molecule has 10 nitrogen and oxygen atoms in total. The fraction of sp³-hybridized carbons (Fsp3) is 0.467. The molecule has 1 aromatic carbocycles. The third kappa shape index (κ3) is 3.28. The second kappa shape index (κ2) is 7.28. The Kier molecular flexibility index (Phi) is 5.28. The molecule has 1 N–H and O–H groups in total. The standard InChI is InChI=1S/C15H10F4O10S3/c1-2(20)27-9-10-12-13(32(25,26)29-10)3(11(9)30-12)15(21)28-8-4(16)6(18)14(31(22,23)24)7(19)5(8)17/h3,9-13H,1H3,(H,22,23,24). The molecular formula is C15H10F4O10S3. The summed E-state index contributed by atoms with van der Waals surface area (Å²) in [6.07, 6.45) is -2.34. The number of esters is 2. The molecule has 176 valence electrons. The SMILES string of the molecule is CC(=O)OC1C2OS(=O)(=O)C3C2SC1C3C(=O)Oc1c(F)c(F)c(S(=O)(=O)O)c(F)c1F. The normalized spacial score (nSPS) is 32.2. The van der Waals surface area contributed by atoms with Crippen LogP contribution in [0.25, 0.3) is 0 Å². The third-order valence-electron chi connectivity index (χ3n) is 5.11. The van der Waals surface area contributed by atoms with E-state index in [0.717, 1.165) is 18.7 Å². The van der Waals surface area contributed by atoms with Gasteiger partial charge in [0.2, 0.25) is 17.4 Å². The lowest BCUT2D eigenvalue weighted by Crippen LogP contribution is -2.50. The van der Waals surface area contributed by atoms with Gasteiger partial charge in [-0.25, -0.2) is 8.78 Å². The van der Waals surface area contributed by atoms with Gasteiger partial charge in [-0.15, -0.1) is 11.8 Å². The van der Waals surface area contributed by atoms with Gasteiger partial charge in [-0.2, -0.15) is 25.6 Å². The van der Waals surface area contributed by atoms with Crippen molar-refractivity contribution in [1.29, 1.82) is 0 Å². The molecule has 0 radical (unpaired) electrons. The molecule has 17 heteroatoms. The first-order chi connectivity index (χ1) is 14.7. The van der Waals surface area contributed by atoms with Crippen molar-refractivity contribution in [1.82, 2.24) is 0 Å². The summed E-state index contributed by atoms with van der Waals surface area (Å²) in [7, 11) is -10.1. The van der Waals surface area contributed by atoms with Crippen LogP contribution in [0.1, 0.15) is 6.92 Å². The zero-order valence-corrected chi connectivity index (χ0v) is 17.8. The number of fused-ring (bicyclic) bond motifs is 1. The second-order valence-electron chi connectivity index (χ2n) is 6.99. The Morgan fingerprint density at radius 2 is 1.62 bits per heavy atom. The number of carbonyl (C=O) groups is 2. The average molecular weight is 522 g/mol. The summed E-state index contributed by atoms with van der Waals surface area (Å²) in [5, 5.41) is -3.53. The first kappa shape index (κ1) is 23.2. The number of hydrogen-bond acceptors (Lipinski definition) is 10. The third-order valence-corrected chi connectivity index (χ3v) is 9.66. The van der Waals surface area contributed by atoms with Crippen LogP contribution in [-0.4, -0.2) is 61.3 Å². The Balaban J connectivity index is 1.73. The summed E-state index contributed by atoms with van der Waals surface area (Å²) in [4.78, 5) is 21.7. The monoisotopic (exact) mass is 522 g/mol. The van der Waals surface area contributed by atoms with E-state index < -0.39 is 100.0 Å². The van der Waals surface area contributed by atoms with Crippen molar-refractivity contribution in [3.63, 3.8) is 0 Å². The van der Waals surface area contributed by atoms with Crippen molar-refractivity contribution < 1.29 is 62.2 Å². The lowest BCUT2D eigenvalue weighted by atomic mass is 9.85. The van der Waals surface area contributed by atoms with Crippen molar-refractivity contribution in [3.8, 4) is 5.75 Å². The van der Waals surface area contributed by atoms with Gasteiger partial charge < -0.3 is 9.47 Å². The van der Waals surface area contributed by atoms with Crippen LogP contribution in [0.4, 0.5) is 17.6 Å². The van der Waals surface area contributed by atoms with Crippen molar-refractivity contribution >= 4 is 43.9 Å². The number of halogens is 4.